The number of benzene rings is 3. The second-order valence-electron chi connectivity index (χ2n) is 8.08. The molecule has 176 valence electrons. The summed E-state index contributed by atoms with van der Waals surface area (Å²) in [4.78, 5) is 13.3. The number of rotatable bonds is 6. The number of hydrogen-bond acceptors (Lipinski definition) is 6. The fourth-order valence-electron chi connectivity index (χ4n) is 4.57. The molecular weight excluding hydrogens is 442 g/mol. The molecule has 0 saturated carbocycles. The molecule has 1 aliphatic rings. The molecule has 0 bridgehead atoms. The summed E-state index contributed by atoms with van der Waals surface area (Å²) in [5.41, 5.74) is 5.98. The van der Waals surface area contributed by atoms with Gasteiger partial charge in [0.2, 0.25) is 0 Å². The van der Waals surface area contributed by atoms with Gasteiger partial charge in [-0.05, 0) is 36.2 Å². The number of esters is 1. The van der Waals surface area contributed by atoms with Crippen LogP contribution in [0.3, 0.4) is 0 Å². The van der Waals surface area contributed by atoms with E-state index in [1.54, 1.807) is 14.2 Å². The average Bonchev–Trinajstić information content (AvgIpc) is 3.26. The van der Waals surface area contributed by atoms with Crippen LogP contribution in [0.2, 0.25) is 0 Å². The molecule has 35 heavy (non-hydrogen) atoms. The van der Waals surface area contributed by atoms with Crippen molar-refractivity contribution in [1.82, 2.24) is 4.57 Å². The highest BCUT2D eigenvalue weighted by Crippen LogP contribution is 2.48. The first-order valence-electron chi connectivity index (χ1n) is 11.3. The van der Waals surface area contributed by atoms with Crippen LogP contribution in [0.4, 0.5) is 11.4 Å². The first-order valence-corrected chi connectivity index (χ1v) is 11.3. The monoisotopic (exact) mass is 467 g/mol. The highest BCUT2D eigenvalue weighted by Gasteiger charge is 2.33. The summed E-state index contributed by atoms with van der Waals surface area (Å²) in [5.74, 6) is 0.768. The first-order chi connectivity index (χ1) is 17.2. The topological polar surface area (TPSA) is 74.4 Å². The molecule has 0 radical (unpaired) electrons. The van der Waals surface area contributed by atoms with Crippen molar-refractivity contribution in [3.63, 3.8) is 0 Å². The fraction of sp³-hybridized carbons (Fsp3) is 0.179. The summed E-state index contributed by atoms with van der Waals surface area (Å²) in [5, 5.41) is 9.08. The van der Waals surface area contributed by atoms with Crippen LogP contribution in [0.25, 0.3) is 22.5 Å². The lowest BCUT2D eigenvalue weighted by Gasteiger charge is -2.23. The maximum atomic E-state index is 13.3. The van der Waals surface area contributed by atoms with Crippen LogP contribution >= 0.6 is 0 Å². The highest BCUT2D eigenvalue weighted by atomic mass is 16.5. The highest BCUT2D eigenvalue weighted by molar-refractivity contribution is 6.06. The summed E-state index contributed by atoms with van der Waals surface area (Å²) in [7, 11) is 4.60. The third kappa shape index (κ3) is 3.95. The Morgan fingerprint density at radius 3 is 2.14 bits per heavy atom. The Kier molecular flexibility index (Phi) is 6.06. The molecule has 0 N–H and O–H groups in total. The summed E-state index contributed by atoms with van der Waals surface area (Å²) in [6.45, 7) is 0.660. The molecule has 1 aliphatic heterocycles. The Labute approximate surface area is 203 Å². The van der Waals surface area contributed by atoms with Gasteiger partial charge in [-0.2, -0.15) is 5.11 Å². The number of ether oxygens (including phenoxy) is 3. The Balaban J connectivity index is 1.83. The fourth-order valence-corrected chi connectivity index (χ4v) is 4.57. The predicted molar refractivity (Wildman–Crippen MR) is 134 cm³/mol. The van der Waals surface area contributed by atoms with E-state index in [1.165, 1.54) is 7.11 Å². The molecule has 0 fully saturated rings. The van der Waals surface area contributed by atoms with Gasteiger partial charge in [-0.3, -0.25) is 0 Å². The maximum absolute atomic E-state index is 13.3. The number of carbonyl (C=O) groups excluding carboxylic acids is 1. The molecule has 2 heterocycles. The van der Waals surface area contributed by atoms with Crippen molar-refractivity contribution in [2.45, 2.75) is 13.0 Å². The molecule has 0 saturated heterocycles. The molecular formula is C28H25N3O4. The largest absolute Gasteiger partial charge is 0.493 e. The van der Waals surface area contributed by atoms with E-state index in [-0.39, 0.29) is 0 Å². The number of fused-ring (bicyclic) bond motifs is 3. The second kappa shape index (κ2) is 9.46. The SMILES string of the molecule is COC(=O)c1c(N=Nc2ccccc2)c(-c2ccccc2)n2c1-c1cc(OC)c(OC)cc1CC2. The number of hydrogen-bond donors (Lipinski definition) is 0. The van der Waals surface area contributed by atoms with E-state index < -0.39 is 5.97 Å². The van der Waals surface area contributed by atoms with Gasteiger partial charge in [0.1, 0.15) is 11.3 Å². The van der Waals surface area contributed by atoms with Crippen molar-refractivity contribution < 1.29 is 19.0 Å². The number of methoxy groups -OCH3 is 3. The van der Waals surface area contributed by atoms with Gasteiger partial charge < -0.3 is 18.8 Å². The zero-order valence-corrected chi connectivity index (χ0v) is 19.8. The van der Waals surface area contributed by atoms with Gasteiger partial charge in [-0.15, -0.1) is 5.11 Å². The number of carbonyl (C=O) groups is 1. The van der Waals surface area contributed by atoms with E-state index in [2.05, 4.69) is 14.8 Å². The van der Waals surface area contributed by atoms with Gasteiger partial charge in [0.05, 0.1) is 38.4 Å². The average molecular weight is 468 g/mol. The Hall–Kier alpha value is -4.39. The number of aromatic nitrogens is 1. The molecule has 3 aromatic carbocycles. The molecule has 5 rings (SSSR count). The van der Waals surface area contributed by atoms with Gasteiger partial charge in [-0.1, -0.05) is 48.5 Å². The molecule has 7 heteroatoms. The summed E-state index contributed by atoms with van der Waals surface area (Å²) >= 11 is 0. The minimum absolute atomic E-state index is 0.374. The summed E-state index contributed by atoms with van der Waals surface area (Å²) in [6, 6.07) is 23.3. The maximum Gasteiger partial charge on any atom is 0.342 e. The van der Waals surface area contributed by atoms with Crippen molar-refractivity contribution in [3.05, 3.63) is 83.9 Å². The van der Waals surface area contributed by atoms with E-state index in [1.807, 2.05) is 72.8 Å². The van der Waals surface area contributed by atoms with Crippen LogP contribution in [0, 0.1) is 0 Å². The molecule has 0 spiro atoms. The van der Waals surface area contributed by atoms with Gasteiger partial charge >= 0.3 is 5.97 Å². The van der Waals surface area contributed by atoms with E-state index in [9.17, 15) is 4.79 Å². The standard InChI is InChI=1S/C28H25N3O4/c1-33-22-16-19-14-15-31-26(18-10-6-4-7-11-18)25(30-29-20-12-8-5-9-13-20)24(28(32)35-3)27(31)21(19)17-23(22)34-2/h4-13,16-17H,14-15H2,1-3H3. The molecule has 7 nitrogen and oxygen atoms in total. The van der Waals surface area contributed by atoms with E-state index in [4.69, 9.17) is 14.2 Å². The van der Waals surface area contributed by atoms with Gasteiger partial charge in [-0.25, -0.2) is 4.79 Å². The van der Waals surface area contributed by atoms with Crippen LogP contribution in [-0.4, -0.2) is 31.9 Å². The van der Waals surface area contributed by atoms with Crippen molar-refractivity contribution in [3.8, 4) is 34.0 Å². The summed E-state index contributed by atoms with van der Waals surface area (Å²) < 4.78 is 18.5. The normalized spacial score (nSPS) is 12.2. The zero-order chi connectivity index (χ0) is 24.4. The zero-order valence-electron chi connectivity index (χ0n) is 19.8. The smallest absolute Gasteiger partial charge is 0.342 e. The van der Waals surface area contributed by atoms with Crippen molar-refractivity contribution >= 4 is 17.3 Å². The van der Waals surface area contributed by atoms with Crippen LogP contribution in [-0.2, 0) is 17.7 Å². The van der Waals surface area contributed by atoms with Gasteiger partial charge in [0, 0.05) is 17.7 Å². The lowest BCUT2D eigenvalue weighted by atomic mass is 9.95. The van der Waals surface area contributed by atoms with E-state index in [0.717, 1.165) is 34.5 Å². The Morgan fingerprint density at radius 2 is 1.49 bits per heavy atom. The van der Waals surface area contributed by atoms with E-state index >= 15 is 0 Å². The molecule has 0 atom stereocenters. The lowest BCUT2D eigenvalue weighted by molar-refractivity contribution is 0.0602. The second-order valence-corrected chi connectivity index (χ2v) is 8.08. The predicted octanol–water partition coefficient (Wildman–Crippen LogP) is 6.60. The summed E-state index contributed by atoms with van der Waals surface area (Å²) in [6.07, 6.45) is 0.757. The molecule has 0 unspecified atom stereocenters. The van der Waals surface area contributed by atoms with Gasteiger partial charge in [0.25, 0.3) is 0 Å². The third-order valence-electron chi connectivity index (χ3n) is 6.17. The Bertz CT molecular complexity index is 1410. The molecule has 1 aromatic heterocycles. The van der Waals surface area contributed by atoms with Crippen LogP contribution in [0.5, 0.6) is 11.5 Å². The molecule has 0 amide bonds. The number of nitrogens with zero attached hydrogens (tertiary/aromatic N) is 3. The minimum Gasteiger partial charge on any atom is -0.493 e. The number of aryl methyl sites for hydroxylation is 1. The molecule has 4 aromatic rings. The van der Waals surface area contributed by atoms with Crippen molar-refractivity contribution in [2.75, 3.05) is 21.3 Å². The minimum atomic E-state index is -0.472. The third-order valence-corrected chi connectivity index (χ3v) is 6.17. The quantitative estimate of drug-likeness (QED) is 0.237. The number of azo groups is 1. The van der Waals surface area contributed by atoms with Crippen molar-refractivity contribution in [1.29, 1.82) is 0 Å². The lowest BCUT2D eigenvalue weighted by Crippen LogP contribution is -2.14. The van der Waals surface area contributed by atoms with Crippen LogP contribution in [0.15, 0.2) is 83.0 Å². The Morgan fingerprint density at radius 1 is 0.829 bits per heavy atom. The van der Waals surface area contributed by atoms with E-state index in [0.29, 0.717) is 35.0 Å². The van der Waals surface area contributed by atoms with Crippen LogP contribution in [0.1, 0.15) is 15.9 Å². The van der Waals surface area contributed by atoms with Crippen molar-refractivity contribution in [2.24, 2.45) is 10.2 Å². The van der Waals surface area contributed by atoms with Gasteiger partial charge in [0.15, 0.2) is 11.5 Å². The van der Waals surface area contributed by atoms with Crippen LogP contribution < -0.4 is 9.47 Å². The molecule has 0 aliphatic carbocycles. The first kappa shape index (κ1) is 22.4.